The second-order valence-electron chi connectivity index (χ2n) is 3.80. The van der Waals surface area contributed by atoms with Crippen LogP contribution in [-0.4, -0.2) is 10.9 Å². The van der Waals surface area contributed by atoms with Crippen LogP contribution in [0.15, 0.2) is 28.2 Å². The Bertz CT molecular complexity index is 582. The van der Waals surface area contributed by atoms with Gasteiger partial charge in [-0.25, -0.2) is 4.98 Å². The van der Waals surface area contributed by atoms with Gasteiger partial charge in [-0.3, -0.25) is 4.79 Å². The highest BCUT2D eigenvalue weighted by Crippen LogP contribution is 2.17. The van der Waals surface area contributed by atoms with Gasteiger partial charge in [-0.15, -0.1) is 11.3 Å². The van der Waals surface area contributed by atoms with E-state index in [9.17, 15) is 4.79 Å². The fraction of sp³-hybridized carbons (Fsp3) is 0.167. The number of aryl methyl sites for hydroxylation is 1. The first-order valence-electron chi connectivity index (χ1n) is 5.30. The molecule has 0 aromatic carbocycles. The van der Waals surface area contributed by atoms with Gasteiger partial charge in [0.05, 0.1) is 12.1 Å². The van der Waals surface area contributed by atoms with Crippen molar-refractivity contribution in [2.75, 3.05) is 5.73 Å². The third-order valence-corrected chi connectivity index (χ3v) is 3.96. The number of carbonyl (C=O) groups excluding carboxylic acids is 1. The minimum Gasteiger partial charge on any atom is -0.383 e. The molecule has 0 aliphatic carbocycles. The number of carbonyl (C=O) groups is 1. The van der Waals surface area contributed by atoms with Crippen LogP contribution in [0.25, 0.3) is 0 Å². The number of hydrogen-bond donors (Lipinski definition) is 2. The van der Waals surface area contributed by atoms with Crippen LogP contribution in [-0.2, 0) is 6.54 Å². The second-order valence-corrected chi connectivity index (χ2v) is 5.71. The van der Waals surface area contributed by atoms with E-state index in [0.717, 1.165) is 9.35 Å². The molecule has 2 aromatic heterocycles. The largest absolute Gasteiger partial charge is 0.383 e. The minimum atomic E-state index is -0.214. The molecule has 4 nitrogen and oxygen atoms in total. The summed E-state index contributed by atoms with van der Waals surface area (Å²) in [4.78, 5) is 17.1. The van der Waals surface area contributed by atoms with Gasteiger partial charge in [-0.2, -0.15) is 0 Å². The maximum absolute atomic E-state index is 12.0. The Hall–Kier alpha value is -1.40. The van der Waals surface area contributed by atoms with Crippen molar-refractivity contribution >= 4 is 39.0 Å². The second kappa shape index (κ2) is 5.49. The van der Waals surface area contributed by atoms with Crippen LogP contribution in [0.1, 0.15) is 20.8 Å². The molecular formula is C12H12BrN3OS. The molecule has 2 rings (SSSR count). The van der Waals surface area contributed by atoms with Gasteiger partial charge in [0.2, 0.25) is 0 Å². The molecule has 0 saturated heterocycles. The van der Waals surface area contributed by atoms with E-state index in [-0.39, 0.29) is 11.7 Å². The minimum absolute atomic E-state index is 0.214. The summed E-state index contributed by atoms with van der Waals surface area (Å²) in [5, 5.41) is 4.85. The molecule has 0 aliphatic rings. The predicted octanol–water partition coefficient (Wildman–Crippen LogP) is 2.73. The third-order valence-electron chi connectivity index (χ3n) is 2.51. The van der Waals surface area contributed by atoms with Crippen molar-refractivity contribution in [3.63, 3.8) is 0 Å². The number of nitrogens with two attached hydrogens (primary N) is 1. The standard InChI is InChI=1S/C12H12BrN3OS/c1-7-2-3-18-10(7)6-16-12(17)9-4-8(13)5-15-11(9)14/h2-5H,6H2,1H3,(H2,14,15)(H,16,17). The van der Waals surface area contributed by atoms with E-state index in [1.165, 1.54) is 5.56 Å². The Labute approximate surface area is 117 Å². The Morgan fingerprint density at radius 1 is 1.61 bits per heavy atom. The van der Waals surface area contributed by atoms with E-state index in [0.29, 0.717) is 12.1 Å². The van der Waals surface area contributed by atoms with Crippen LogP contribution in [0.3, 0.4) is 0 Å². The highest BCUT2D eigenvalue weighted by molar-refractivity contribution is 9.10. The van der Waals surface area contributed by atoms with Crippen LogP contribution >= 0.6 is 27.3 Å². The van der Waals surface area contributed by atoms with Crippen LogP contribution in [0.2, 0.25) is 0 Å². The van der Waals surface area contributed by atoms with Crippen molar-refractivity contribution in [2.24, 2.45) is 0 Å². The lowest BCUT2D eigenvalue weighted by Crippen LogP contribution is -2.24. The van der Waals surface area contributed by atoms with E-state index < -0.39 is 0 Å². The number of hydrogen-bond acceptors (Lipinski definition) is 4. The van der Waals surface area contributed by atoms with Gasteiger partial charge in [0.25, 0.3) is 5.91 Å². The number of nitrogens with zero attached hydrogens (tertiary/aromatic N) is 1. The zero-order chi connectivity index (χ0) is 13.1. The Kier molecular flexibility index (Phi) is 3.98. The van der Waals surface area contributed by atoms with Crippen molar-refractivity contribution in [2.45, 2.75) is 13.5 Å². The fourth-order valence-corrected chi connectivity index (χ4v) is 2.65. The zero-order valence-electron chi connectivity index (χ0n) is 9.74. The molecule has 0 unspecified atom stereocenters. The Morgan fingerprint density at radius 3 is 3.06 bits per heavy atom. The highest BCUT2D eigenvalue weighted by Gasteiger charge is 2.11. The van der Waals surface area contributed by atoms with E-state index in [1.54, 1.807) is 23.6 Å². The summed E-state index contributed by atoms with van der Waals surface area (Å²) in [6.45, 7) is 2.53. The van der Waals surface area contributed by atoms with Gasteiger partial charge < -0.3 is 11.1 Å². The van der Waals surface area contributed by atoms with Gasteiger partial charge >= 0.3 is 0 Å². The van der Waals surface area contributed by atoms with Crippen molar-refractivity contribution in [1.82, 2.24) is 10.3 Å². The molecule has 0 saturated carbocycles. The summed E-state index contributed by atoms with van der Waals surface area (Å²) in [5.41, 5.74) is 7.25. The van der Waals surface area contributed by atoms with Crippen molar-refractivity contribution in [1.29, 1.82) is 0 Å². The van der Waals surface area contributed by atoms with E-state index in [2.05, 4.69) is 26.2 Å². The number of anilines is 1. The quantitative estimate of drug-likeness (QED) is 0.911. The number of amides is 1. The molecule has 18 heavy (non-hydrogen) atoms. The number of rotatable bonds is 3. The van der Waals surface area contributed by atoms with Gasteiger partial charge in [0, 0.05) is 15.5 Å². The first-order chi connectivity index (χ1) is 8.58. The molecule has 0 spiro atoms. The zero-order valence-corrected chi connectivity index (χ0v) is 12.1. The van der Waals surface area contributed by atoms with E-state index >= 15 is 0 Å². The van der Waals surface area contributed by atoms with E-state index in [1.807, 2.05) is 18.4 Å². The number of thiophene rings is 1. The lowest BCUT2D eigenvalue weighted by Gasteiger charge is -2.07. The smallest absolute Gasteiger partial charge is 0.255 e. The molecule has 0 atom stereocenters. The first kappa shape index (κ1) is 13.0. The molecule has 1 amide bonds. The first-order valence-corrected chi connectivity index (χ1v) is 6.97. The van der Waals surface area contributed by atoms with Gasteiger partial charge in [-0.05, 0) is 45.9 Å². The number of halogens is 1. The number of aromatic nitrogens is 1. The molecule has 2 aromatic rings. The fourth-order valence-electron chi connectivity index (χ4n) is 1.47. The monoisotopic (exact) mass is 325 g/mol. The van der Waals surface area contributed by atoms with Crippen molar-refractivity contribution in [3.8, 4) is 0 Å². The van der Waals surface area contributed by atoms with Crippen LogP contribution in [0.4, 0.5) is 5.82 Å². The van der Waals surface area contributed by atoms with Crippen molar-refractivity contribution < 1.29 is 4.79 Å². The summed E-state index contributed by atoms with van der Waals surface area (Å²) in [6, 6.07) is 3.69. The molecule has 2 heterocycles. The molecule has 0 fully saturated rings. The Balaban J connectivity index is 2.08. The molecule has 3 N–H and O–H groups in total. The number of pyridine rings is 1. The topological polar surface area (TPSA) is 68.0 Å². The summed E-state index contributed by atoms with van der Waals surface area (Å²) >= 11 is 4.89. The SMILES string of the molecule is Cc1ccsc1CNC(=O)c1cc(Br)cnc1N. The molecule has 0 aliphatic heterocycles. The Morgan fingerprint density at radius 2 is 2.39 bits per heavy atom. The molecule has 6 heteroatoms. The van der Waals surface area contributed by atoms with Gasteiger partial charge in [0.15, 0.2) is 0 Å². The lowest BCUT2D eigenvalue weighted by atomic mass is 10.2. The van der Waals surface area contributed by atoms with E-state index in [4.69, 9.17) is 5.73 Å². The third kappa shape index (κ3) is 2.88. The van der Waals surface area contributed by atoms with Gasteiger partial charge in [0.1, 0.15) is 5.82 Å². The summed E-state index contributed by atoms with van der Waals surface area (Å²) in [7, 11) is 0. The summed E-state index contributed by atoms with van der Waals surface area (Å²) in [6.07, 6.45) is 1.57. The lowest BCUT2D eigenvalue weighted by molar-refractivity contribution is 0.0952. The maximum atomic E-state index is 12.0. The molecule has 0 radical (unpaired) electrons. The number of nitrogens with one attached hydrogen (secondary N) is 1. The van der Waals surface area contributed by atoms with Crippen LogP contribution in [0, 0.1) is 6.92 Å². The average molecular weight is 326 g/mol. The summed E-state index contributed by atoms with van der Waals surface area (Å²) < 4.78 is 0.731. The molecule has 0 bridgehead atoms. The number of nitrogen functional groups attached to an aromatic ring is 1. The molecular weight excluding hydrogens is 314 g/mol. The normalized spacial score (nSPS) is 10.3. The average Bonchev–Trinajstić information content (AvgIpc) is 2.75. The predicted molar refractivity (Wildman–Crippen MR) is 76.6 cm³/mol. The van der Waals surface area contributed by atoms with Gasteiger partial charge in [-0.1, -0.05) is 0 Å². The van der Waals surface area contributed by atoms with Crippen LogP contribution in [0.5, 0.6) is 0 Å². The highest BCUT2D eigenvalue weighted by atomic mass is 79.9. The molecule has 94 valence electrons. The summed E-state index contributed by atoms with van der Waals surface area (Å²) in [5.74, 6) is 0.0210. The van der Waals surface area contributed by atoms with Crippen molar-refractivity contribution in [3.05, 3.63) is 44.2 Å². The maximum Gasteiger partial charge on any atom is 0.255 e. The van der Waals surface area contributed by atoms with Crippen LogP contribution < -0.4 is 11.1 Å².